The third-order valence-electron chi connectivity index (χ3n) is 7.10. The van der Waals surface area contributed by atoms with E-state index < -0.39 is 30.4 Å². The lowest BCUT2D eigenvalue weighted by atomic mass is 10.2. The summed E-state index contributed by atoms with van der Waals surface area (Å²) in [5.41, 5.74) is 6.58. The third kappa shape index (κ3) is 10.6. The van der Waals surface area contributed by atoms with Gasteiger partial charge in [0.15, 0.2) is 5.82 Å². The van der Waals surface area contributed by atoms with Gasteiger partial charge in [-0.3, -0.25) is 19.9 Å². The molecule has 234 valence electrons. The monoisotopic (exact) mass is 632 g/mol. The Morgan fingerprint density at radius 1 is 0.738 bits per heavy atom. The fourth-order valence-corrected chi connectivity index (χ4v) is 5.84. The maximum Gasteiger partial charge on any atom is 0.272 e. The lowest BCUT2D eigenvalue weighted by Crippen LogP contribution is -2.47. The highest BCUT2D eigenvalue weighted by molar-refractivity contribution is 7.90. The van der Waals surface area contributed by atoms with Crippen LogP contribution in [-0.4, -0.2) is 121 Å². The van der Waals surface area contributed by atoms with Crippen LogP contribution in [-0.2, 0) is 19.7 Å². The minimum Gasteiger partial charge on any atom is -0.399 e. The van der Waals surface area contributed by atoms with Gasteiger partial charge in [-0.25, -0.2) is 25.6 Å². The molecule has 42 heavy (non-hydrogen) atoms. The summed E-state index contributed by atoms with van der Waals surface area (Å²) in [4.78, 5) is 17.9. The van der Waals surface area contributed by atoms with Crippen molar-refractivity contribution >= 4 is 42.4 Å². The summed E-state index contributed by atoms with van der Waals surface area (Å²) in [7, 11) is -5.92. The van der Waals surface area contributed by atoms with Crippen molar-refractivity contribution < 1.29 is 30.5 Å². The second-order valence-electron chi connectivity index (χ2n) is 10.5. The predicted octanol–water partition coefficient (Wildman–Crippen LogP) is 1.48. The third-order valence-corrected chi connectivity index (χ3v) is 8.94. The fraction of sp³-hybridized carbons (Fsp3) is 0.538. The van der Waals surface area contributed by atoms with Crippen molar-refractivity contribution in [2.24, 2.45) is 0 Å². The second kappa shape index (κ2) is 14.4. The van der Waals surface area contributed by atoms with Crippen molar-refractivity contribution in [2.75, 3.05) is 105 Å². The maximum absolute atomic E-state index is 14.0. The lowest BCUT2D eigenvalue weighted by Gasteiger charge is -2.36. The Kier molecular flexibility index (Phi) is 11.5. The van der Waals surface area contributed by atoms with E-state index in [4.69, 9.17) is 5.73 Å². The first-order valence-electron chi connectivity index (χ1n) is 13.4. The van der Waals surface area contributed by atoms with Crippen LogP contribution in [0, 0.1) is 21.7 Å². The minimum absolute atomic E-state index is 0.110. The molecule has 12 nitrogen and oxygen atoms in total. The number of nitrogens with two attached hydrogens (primary N) is 1. The van der Waals surface area contributed by atoms with E-state index in [2.05, 4.69) is 4.90 Å². The molecule has 16 heteroatoms. The van der Waals surface area contributed by atoms with Crippen LogP contribution in [0.15, 0.2) is 36.4 Å². The molecule has 2 aromatic carbocycles. The largest absolute Gasteiger partial charge is 0.399 e. The number of hydrogen-bond acceptors (Lipinski definition) is 11. The van der Waals surface area contributed by atoms with Crippen molar-refractivity contribution in [3.63, 3.8) is 0 Å². The van der Waals surface area contributed by atoms with Crippen LogP contribution in [0.25, 0.3) is 0 Å². The Hall–Kier alpha value is -3.08. The molecule has 0 spiro atoms. The van der Waals surface area contributed by atoms with Crippen LogP contribution in [0.3, 0.4) is 0 Å². The zero-order valence-corrected chi connectivity index (χ0v) is 25.4. The fourth-order valence-electron chi connectivity index (χ4n) is 4.66. The van der Waals surface area contributed by atoms with Crippen molar-refractivity contribution in [2.45, 2.75) is 0 Å². The SMILES string of the molecule is CS(=O)(=O)CCN1CCN(c2ccc(N)cc2F)CC1.CS(=O)(=O)CCN1CCN(c2ccc([N+](=O)[O-])cc2F)CC1. The molecule has 2 aromatic rings. The van der Waals surface area contributed by atoms with Gasteiger partial charge in [-0.05, 0) is 24.3 Å². The van der Waals surface area contributed by atoms with Crippen molar-refractivity contribution in [1.82, 2.24) is 9.80 Å². The molecule has 2 N–H and O–H groups in total. The Morgan fingerprint density at radius 3 is 1.50 bits per heavy atom. The van der Waals surface area contributed by atoms with Crippen LogP contribution < -0.4 is 15.5 Å². The number of nitro groups is 1. The van der Waals surface area contributed by atoms with E-state index in [0.29, 0.717) is 69.4 Å². The summed E-state index contributed by atoms with van der Waals surface area (Å²) >= 11 is 0. The smallest absolute Gasteiger partial charge is 0.272 e. The highest BCUT2D eigenvalue weighted by atomic mass is 32.2. The second-order valence-corrected chi connectivity index (χ2v) is 15.0. The summed E-state index contributed by atoms with van der Waals surface area (Å²) in [6, 6.07) is 8.33. The predicted molar refractivity (Wildman–Crippen MR) is 161 cm³/mol. The first-order valence-corrected chi connectivity index (χ1v) is 17.5. The molecular formula is C26H38F2N6O6S2. The highest BCUT2D eigenvalue weighted by Gasteiger charge is 2.22. The number of nitrogen functional groups attached to an aromatic ring is 1. The van der Waals surface area contributed by atoms with E-state index in [1.807, 2.05) is 14.7 Å². The number of hydrogen-bond donors (Lipinski definition) is 1. The van der Waals surface area contributed by atoms with Gasteiger partial charge in [0.1, 0.15) is 25.5 Å². The number of non-ortho nitro benzene ring substituents is 1. The Bertz CT molecular complexity index is 1450. The Morgan fingerprint density at radius 2 is 1.14 bits per heavy atom. The van der Waals surface area contributed by atoms with Crippen molar-refractivity contribution in [3.05, 3.63) is 58.1 Å². The van der Waals surface area contributed by atoms with Crippen LogP contribution in [0.5, 0.6) is 0 Å². The number of piperazine rings is 2. The topological polar surface area (TPSA) is 150 Å². The summed E-state index contributed by atoms with van der Waals surface area (Å²) < 4.78 is 72.4. The molecule has 2 aliphatic rings. The van der Waals surface area contributed by atoms with E-state index in [0.717, 1.165) is 19.2 Å². The minimum atomic E-state index is -2.99. The molecule has 2 fully saturated rings. The van der Waals surface area contributed by atoms with Gasteiger partial charge in [-0.1, -0.05) is 0 Å². The molecule has 0 saturated carbocycles. The van der Waals surface area contributed by atoms with E-state index in [9.17, 15) is 35.7 Å². The van der Waals surface area contributed by atoms with Gasteiger partial charge in [-0.2, -0.15) is 0 Å². The number of anilines is 3. The maximum atomic E-state index is 14.0. The number of nitro benzene ring substituents is 1. The molecule has 2 heterocycles. The lowest BCUT2D eigenvalue weighted by molar-refractivity contribution is -0.385. The summed E-state index contributed by atoms with van der Waals surface area (Å²) in [5, 5.41) is 10.6. The summed E-state index contributed by atoms with van der Waals surface area (Å²) in [5.74, 6) is -0.643. The number of rotatable bonds is 9. The average Bonchev–Trinajstić information content (AvgIpc) is 2.91. The van der Waals surface area contributed by atoms with E-state index in [1.54, 1.807) is 12.1 Å². The quantitative estimate of drug-likeness (QED) is 0.243. The molecule has 0 amide bonds. The molecule has 0 aliphatic carbocycles. The van der Waals surface area contributed by atoms with Crippen molar-refractivity contribution in [1.29, 1.82) is 0 Å². The summed E-state index contributed by atoms with van der Waals surface area (Å²) in [6.45, 7) is 6.22. The van der Waals surface area contributed by atoms with Gasteiger partial charge in [0, 0.05) is 89.7 Å². The van der Waals surface area contributed by atoms with Gasteiger partial charge in [-0.15, -0.1) is 0 Å². The molecule has 0 radical (unpaired) electrons. The summed E-state index contributed by atoms with van der Waals surface area (Å²) in [6.07, 6.45) is 2.45. The molecule has 0 bridgehead atoms. The van der Waals surface area contributed by atoms with E-state index >= 15 is 0 Å². The number of benzene rings is 2. The van der Waals surface area contributed by atoms with Gasteiger partial charge in [0.05, 0.1) is 33.9 Å². The standard InChI is InChI=1S/C13H18FN3O4S.C13H20FN3O2S/c1-22(20,21)9-8-15-4-6-16(7-5-15)13-3-2-11(17(18)19)10-12(13)14;1-20(18,19)9-8-16-4-6-17(7-5-16)13-3-2-11(15)10-12(13)14/h2-3,10H,4-9H2,1H3;2-3,10H,4-9,15H2,1H3. The van der Waals surface area contributed by atoms with Crippen LogP contribution in [0.1, 0.15) is 0 Å². The van der Waals surface area contributed by atoms with Crippen molar-refractivity contribution in [3.8, 4) is 0 Å². The number of halogens is 2. The van der Waals surface area contributed by atoms with Crippen LogP contribution in [0.4, 0.5) is 31.5 Å². The molecule has 0 atom stereocenters. The molecular weight excluding hydrogens is 594 g/mol. The van der Waals surface area contributed by atoms with E-state index in [-0.39, 0.29) is 23.0 Å². The number of sulfone groups is 2. The molecule has 0 unspecified atom stereocenters. The van der Waals surface area contributed by atoms with Gasteiger partial charge < -0.3 is 15.5 Å². The average molecular weight is 633 g/mol. The molecule has 4 rings (SSSR count). The zero-order valence-electron chi connectivity index (χ0n) is 23.8. The van der Waals surface area contributed by atoms with E-state index in [1.165, 1.54) is 30.7 Å². The first kappa shape index (κ1) is 33.4. The molecule has 2 saturated heterocycles. The normalized spacial score (nSPS) is 17.0. The number of nitrogens with zero attached hydrogens (tertiary/aromatic N) is 5. The Labute approximate surface area is 245 Å². The highest BCUT2D eigenvalue weighted by Crippen LogP contribution is 2.25. The Balaban J connectivity index is 0.000000231. The van der Waals surface area contributed by atoms with Gasteiger partial charge in [0.2, 0.25) is 0 Å². The molecule has 0 aromatic heterocycles. The molecule has 2 aliphatic heterocycles. The first-order chi connectivity index (χ1) is 19.6. The van der Waals surface area contributed by atoms with Crippen LogP contribution >= 0.6 is 0 Å². The van der Waals surface area contributed by atoms with Gasteiger partial charge >= 0.3 is 0 Å². The van der Waals surface area contributed by atoms with Crippen LogP contribution in [0.2, 0.25) is 0 Å². The van der Waals surface area contributed by atoms with Gasteiger partial charge in [0.25, 0.3) is 5.69 Å². The zero-order chi connectivity index (χ0) is 31.1.